The molecule has 1 aliphatic rings. The van der Waals surface area contributed by atoms with Crippen molar-refractivity contribution in [2.75, 3.05) is 0 Å². The molecule has 1 aromatic rings. The highest BCUT2D eigenvalue weighted by Crippen LogP contribution is 2.28. The lowest BCUT2D eigenvalue weighted by Crippen LogP contribution is -2.31. The van der Waals surface area contributed by atoms with E-state index in [0.29, 0.717) is 6.32 Å². The fraction of sp³-hybridized carbons (Fsp3) is 0.333. The zero-order valence-electron chi connectivity index (χ0n) is 13.2. The molecule has 2 N–H and O–H groups in total. The van der Waals surface area contributed by atoms with Gasteiger partial charge in [-0.3, -0.25) is 0 Å². The first-order chi connectivity index (χ1) is 10.5. The molecule has 4 heteroatoms. The number of phenolic OH excluding ortho intramolecular Hbond substituents is 1. The van der Waals surface area contributed by atoms with Gasteiger partial charge in [-0.05, 0) is 38.3 Å². The van der Waals surface area contributed by atoms with Crippen LogP contribution in [-0.2, 0) is 4.65 Å². The van der Waals surface area contributed by atoms with E-state index in [2.05, 4.69) is 6.58 Å². The molecule has 1 atom stereocenters. The highest BCUT2D eigenvalue weighted by Gasteiger charge is 2.26. The Morgan fingerprint density at radius 2 is 2.14 bits per heavy atom. The number of hydrogen-bond acceptors (Lipinski definition) is 3. The Morgan fingerprint density at radius 1 is 1.41 bits per heavy atom. The number of para-hydroxylation sites is 1. The predicted molar refractivity (Wildman–Crippen MR) is 91.5 cm³/mol. The summed E-state index contributed by atoms with van der Waals surface area (Å²) in [5.74, 6) is 0.286. The van der Waals surface area contributed by atoms with Crippen LogP contribution in [0.2, 0.25) is 6.32 Å². The third-order valence-corrected chi connectivity index (χ3v) is 3.84. The fourth-order valence-corrected chi connectivity index (χ4v) is 2.66. The first-order valence-electron chi connectivity index (χ1n) is 7.62. The zero-order chi connectivity index (χ0) is 16.1. The van der Waals surface area contributed by atoms with Crippen LogP contribution < -0.4 is 0 Å². The van der Waals surface area contributed by atoms with Crippen molar-refractivity contribution in [3.05, 3.63) is 59.2 Å². The van der Waals surface area contributed by atoms with E-state index in [0.717, 1.165) is 35.1 Å². The van der Waals surface area contributed by atoms with E-state index in [1.54, 1.807) is 6.07 Å². The van der Waals surface area contributed by atoms with E-state index < -0.39 is 7.12 Å². The third-order valence-electron chi connectivity index (χ3n) is 3.84. The van der Waals surface area contributed by atoms with E-state index in [9.17, 15) is 10.1 Å². The summed E-state index contributed by atoms with van der Waals surface area (Å²) in [7, 11) is -0.726. The van der Waals surface area contributed by atoms with Crippen LogP contribution in [0.3, 0.4) is 0 Å². The molecule has 2 rings (SSSR count). The first kappa shape index (κ1) is 16.6. The molecule has 0 aliphatic carbocycles. The van der Waals surface area contributed by atoms with Crippen molar-refractivity contribution in [1.82, 2.24) is 0 Å². The Labute approximate surface area is 132 Å². The van der Waals surface area contributed by atoms with Crippen molar-refractivity contribution in [1.29, 1.82) is 0 Å². The van der Waals surface area contributed by atoms with E-state index in [4.69, 9.17) is 4.65 Å². The SMILES string of the molecule is C=C(C)C1=CCB(O)OC1CC/C(C)=C/c1ccccc1O. The fourth-order valence-electron chi connectivity index (χ4n) is 2.66. The van der Waals surface area contributed by atoms with Gasteiger partial charge in [0.15, 0.2) is 0 Å². The lowest BCUT2D eigenvalue weighted by atomic mass is 9.78. The Morgan fingerprint density at radius 3 is 2.82 bits per heavy atom. The predicted octanol–water partition coefficient (Wildman–Crippen LogP) is 3.96. The molecule has 22 heavy (non-hydrogen) atoms. The Bertz CT molecular complexity index is 604. The summed E-state index contributed by atoms with van der Waals surface area (Å²) in [6, 6.07) is 7.28. The van der Waals surface area contributed by atoms with E-state index >= 15 is 0 Å². The lowest BCUT2D eigenvalue weighted by molar-refractivity contribution is 0.183. The van der Waals surface area contributed by atoms with Gasteiger partial charge in [-0.25, -0.2) is 0 Å². The Balaban J connectivity index is 2.02. The van der Waals surface area contributed by atoms with Gasteiger partial charge in [0.2, 0.25) is 0 Å². The van der Waals surface area contributed by atoms with Gasteiger partial charge in [0.1, 0.15) is 5.75 Å². The van der Waals surface area contributed by atoms with Crippen LogP contribution in [0.1, 0.15) is 32.3 Å². The van der Waals surface area contributed by atoms with Crippen LogP contribution >= 0.6 is 0 Å². The zero-order valence-corrected chi connectivity index (χ0v) is 13.2. The molecule has 0 aromatic heterocycles. The Hall–Kier alpha value is -1.78. The molecule has 116 valence electrons. The molecule has 0 spiro atoms. The van der Waals surface area contributed by atoms with Crippen molar-refractivity contribution in [3.63, 3.8) is 0 Å². The number of hydrogen-bond donors (Lipinski definition) is 2. The summed E-state index contributed by atoms with van der Waals surface area (Å²) in [6.07, 6.45) is 6.02. The number of aromatic hydroxyl groups is 1. The lowest BCUT2D eigenvalue weighted by Gasteiger charge is -2.27. The Kier molecular flexibility index (Phi) is 5.64. The molecule has 1 aromatic carbocycles. The van der Waals surface area contributed by atoms with Crippen LogP contribution in [-0.4, -0.2) is 23.4 Å². The van der Waals surface area contributed by atoms with Crippen molar-refractivity contribution >= 4 is 13.2 Å². The van der Waals surface area contributed by atoms with Gasteiger partial charge in [-0.15, -0.1) is 0 Å². The highest BCUT2D eigenvalue weighted by atomic mass is 16.5. The quantitative estimate of drug-likeness (QED) is 0.809. The summed E-state index contributed by atoms with van der Waals surface area (Å²) in [5, 5.41) is 19.5. The standard InChI is InChI=1S/C18H23BO3/c1-13(2)16-10-11-19(21)22-18(16)9-8-14(3)12-15-6-4-5-7-17(15)20/h4-7,10,12,18,20-21H,1,8-9,11H2,2-3H3/b14-12+. The number of phenols is 1. The average Bonchev–Trinajstić information content (AvgIpc) is 2.47. The molecule has 0 fully saturated rings. The molecular weight excluding hydrogens is 275 g/mol. The summed E-state index contributed by atoms with van der Waals surface area (Å²) >= 11 is 0. The van der Waals surface area contributed by atoms with Gasteiger partial charge >= 0.3 is 7.12 Å². The minimum absolute atomic E-state index is 0.117. The maximum absolute atomic E-state index is 9.80. The van der Waals surface area contributed by atoms with E-state index in [-0.39, 0.29) is 11.9 Å². The van der Waals surface area contributed by atoms with Crippen molar-refractivity contribution < 1.29 is 14.8 Å². The summed E-state index contributed by atoms with van der Waals surface area (Å²) in [6.45, 7) is 7.98. The molecule has 3 nitrogen and oxygen atoms in total. The maximum Gasteiger partial charge on any atom is 0.458 e. The van der Waals surface area contributed by atoms with Gasteiger partial charge in [-0.1, -0.05) is 48.1 Å². The number of allylic oxidation sites excluding steroid dienone is 2. The molecule has 0 saturated carbocycles. The largest absolute Gasteiger partial charge is 0.507 e. The topological polar surface area (TPSA) is 49.7 Å². The first-order valence-corrected chi connectivity index (χ1v) is 7.62. The monoisotopic (exact) mass is 298 g/mol. The van der Waals surface area contributed by atoms with Gasteiger partial charge in [0.25, 0.3) is 0 Å². The minimum atomic E-state index is -0.726. The second-order valence-electron chi connectivity index (χ2n) is 5.84. The molecule has 1 heterocycles. The molecule has 0 bridgehead atoms. The van der Waals surface area contributed by atoms with Gasteiger partial charge in [0, 0.05) is 11.9 Å². The number of rotatable bonds is 5. The second-order valence-corrected chi connectivity index (χ2v) is 5.84. The summed E-state index contributed by atoms with van der Waals surface area (Å²) < 4.78 is 5.63. The van der Waals surface area contributed by atoms with Crippen molar-refractivity contribution in [2.45, 2.75) is 39.1 Å². The van der Waals surface area contributed by atoms with Gasteiger partial charge in [-0.2, -0.15) is 0 Å². The molecule has 1 unspecified atom stereocenters. The second kappa shape index (κ2) is 7.48. The molecule has 1 aliphatic heterocycles. The molecular formula is C18H23BO3. The van der Waals surface area contributed by atoms with Crippen LogP contribution in [0.15, 0.2) is 53.6 Å². The number of benzene rings is 1. The third kappa shape index (κ3) is 4.36. The van der Waals surface area contributed by atoms with Crippen LogP contribution in [0, 0.1) is 0 Å². The van der Waals surface area contributed by atoms with Crippen LogP contribution in [0.4, 0.5) is 0 Å². The van der Waals surface area contributed by atoms with Gasteiger partial charge in [0.05, 0.1) is 6.10 Å². The van der Waals surface area contributed by atoms with E-state index in [1.165, 1.54) is 0 Å². The average molecular weight is 298 g/mol. The van der Waals surface area contributed by atoms with Crippen molar-refractivity contribution in [3.8, 4) is 5.75 Å². The van der Waals surface area contributed by atoms with Crippen molar-refractivity contribution in [2.24, 2.45) is 0 Å². The highest BCUT2D eigenvalue weighted by molar-refractivity contribution is 6.43. The normalized spacial score (nSPS) is 19.0. The van der Waals surface area contributed by atoms with E-state index in [1.807, 2.05) is 44.2 Å². The molecule has 0 radical (unpaired) electrons. The molecule has 0 amide bonds. The maximum atomic E-state index is 9.80. The molecule has 0 saturated heterocycles. The van der Waals surface area contributed by atoms with Crippen LogP contribution in [0.25, 0.3) is 6.08 Å². The minimum Gasteiger partial charge on any atom is -0.507 e. The van der Waals surface area contributed by atoms with Gasteiger partial charge < -0.3 is 14.8 Å². The summed E-state index contributed by atoms with van der Waals surface area (Å²) in [4.78, 5) is 0. The van der Waals surface area contributed by atoms with Crippen LogP contribution in [0.5, 0.6) is 5.75 Å². The smallest absolute Gasteiger partial charge is 0.458 e. The summed E-state index contributed by atoms with van der Waals surface area (Å²) in [5.41, 5.74) is 4.05.